The molecule has 1 fully saturated rings. The highest BCUT2D eigenvalue weighted by Gasteiger charge is 2.29. The van der Waals surface area contributed by atoms with Crippen LogP contribution in [0.1, 0.15) is 37.8 Å². The summed E-state index contributed by atoms with van der Waals surface area (Å²) in [4.78, 5) is 12.1. The highest BCUT2D eigenvalue weighted by molar-refractivity contribution is 7.91. The molecule has 1 aliphatic heterocycles. The van der Waals surface area contributed by atoms with Crippen LogP contribution in [-0.4, -0.2) is 25.8 Å². The summed E-state index contributed by atoms with van der Waals surface area (Å²) in [7, 11) is -2.93. The number of carbonyl (C=O) groups is 1. The second-order valence-corrected chi connectivity index (χ2v) is 8.22. The van der Waals surface area contributed by atoms with Gasteiger partial charge in [0.1, 0.15) is 0 Å². The Hall–Kier alpha value is -1.07. The number of hydrogen-bond donors (Lipinski definition) is 1. The summed E-state index contributed by atoms with van der Waals surface area (Å²) in [5.74, 6) is 0.217. The number of sulfone groups is 1. The van der Waals surface area contributed by atoms with Crippen LogP contribution < -0.4 is 5.32 Å². The van der Waals surface area contributed by atoms with Gasteiger partial charge in [0.25, 0.3) is 0 Å². The molecule has 6 heteroatoms. The molecule has 1 amide bonds. The van der Waals surface area contributed by atoms with Crippen LogP contribution >= 0.6 is 11.6 Å². The molecule has 0 saturated carbocycles. The van der Waals surface area contributed by atoms with Crippen LogP contribution in [0.15, 0.2) is 24.3 Å². The van der Waals surface area contributed by atoms with Gasteiger partial charge in [-0.05, 0) is 36.5 Å². The smallest absolute Gasteiger partial charge is 0.220 e. The van der Waals surface area contributed by atoms with Gasteiger partial charge >= 0.3 is 0 Å². The Kier molecular flexibility index (Phi) is 5.27. The molecule has 1 aliphatic rings. The first kappa shape index (κ1) is 16.3. The van der Waals surface area contributed by atoms with Crippen molar-refractivity contribution in [2.24, 2.45) is 5.92 Å². The fourth-order valence-electron chi connectivity index (χ4n) is 2.66. The lowest BCUT2D eigenvalue weighted by Crippen LogP contribution is -2.29. The third kappa shape index (κ3) is 4.71. The van der Waals surface area contributed by atoms with Crippen molar-refractivity contribution >= 4 is 27.3 Å². The standard InChI is InChI=1S/C15H20ClNO3S/c1-2-14(12-3-5-13(16)6-4-12)17-15(18)9-11-7-8-21(19,20)10-11/h3-6,11,14H,2,7-10H2,1H3,(H,17,18). The zero-order valence-corrected chi connectivity index (χ0v) is 13.6. The number of carbonyl (C=O) groups excluding carboxylic acids is 1. The van der Waals surface area contributed by atoms with Gasteiger partial charge in [-0.15, -0.1) is 0 Å². The molecule has 2 atom stereocenters. The minimum atomic E-state index is -2.93. The lowest BCUT2D eigenvalue weighted by atomic mass is 10.0. The number of rotatable bonds is 5. The monoisotopic (exact) mass is 329 g/mol. The Bertz CT molecular complexity index is 598. The number of amides is 1. The van der Waals surface area contributed by atoms with E-state index in [-0.39, 0.29) is 35.8 Å². The number of halogens is 1. The van der Waals surface area contributed by atoms with Crippen LogP contribution in [0.3, 0.4) is 0 Å². The molecule has 21 heavy (non-hydrogen) atoms. The summed E-state index contributed by atoms with van der Waals surface area (Å²) >= 11 is 5.86. The molecule has 2 rings (SSSR count). The molecule has 1 aromatic rings. The average Bonchev–Trinajstić information content (AvgIpc) is 2.76. The lowest BCUT2D eigenvalue weighted by Gasteiger charge is -2.18. The summed E-state index contributed by atoms with van der Waals surface area (Å²) in [6, 6.07) is 7.34. The van der Waals surface area contributed by atoms with Crippen molar-refractivity contribution in [1.82, 2.24) is 5.32 Å². The summed E-state index contributed by atoms with van der Waals surface area (Å²) in [5.41, 5.74) is 1.01. The lowest BCUT2D eigenvalue weighted by molar-refractivity contribution is -0.122. The minimum absolute atomic E-state index is 0.0438. The molecular formula is C15H20ClNO3S. The predicted octanol–water partition coefficient (Wildman–Crippen LogP) is 2.73. The van der Waals surface area contributed by atoms with Crippen molar-refractivity contribution < 1.29 is 13.2 Å². The van der Waals surface area contributed by atoms with E-state index < -0.39 is 9.84 Å². The van der Waals surface area contributed by atoms with Crippen LogP contribution in [-0.2, 0) is 14.6 Å². The number of benzene rings is 1. The topological polar surface area (TPSA) is 63.2 Å². The van der Waals surface area contributed by atoms with Crippen molar-refractivity contribution in [2.45, 2.75) is 32.2 Å². The highest BCUT2D eigenvalue weighted by atomic mass is 35.5. The van der Waals surface area contributed by atoms with E-state index in [4.69, 9.17) is 11.6 Å². The molecule has 0 bridgehead atoms. The Morgan fingerprint density at radius 1 is 1.38 bits per heavy atom. The van der Waals surface area contributed by atoms with Gasteiger partial charge in [-0.2, -0.15) is 0 Å². The zero-order valence-electron chi connectivity index (χ0n) is 12.0. The van der Waals surface area contributed by atoms with E-state index in [0.717, 1.165) is 12.0 Å². The van der Waals surface area contributed by atoms with E-state index in [2.05, 4.69) is 5.32 Å². The first-order valence-corrected chi connectivity index (χ1v) is 9.35. The molecule has 1 saturated heterocycles. The molecule has 0 spiro atoms. The number of nitrogens with one attached hydrogen (secondary N) is 1. The third-order valence-corrected chi connectivity index (χ3v) is 5.91. The first-order chi connectivity index (χ1) is 9.89. The van der Waals surface area contributed by atoms with E-state index in [1.165, 1.54) is 0 Å². The summed E-state index contributed by atoms with van der Waals surface area (Å²) in [6.07, 6.45) is 1.65. The van der Waals surface area contributed by atoms with Crippen LogP contribution in [0, 0.1) is 5.92 Å². The molecule has 0 aliphatic carbocycles. The molecule has 0 aromatic heterocycles. The Labute approximate surface area is 130 Å². The fraction of sp³-hybridized carbons (Fsp3) is 0.533. The van der Waals surface area contributed by atoms with Gasteiger partial charge in [0, 0.05) is 11.4 Å². The van der Waals surface area contributed by atoms with Crippen molar-refractivity contribution in [1.29, 1.82) is 0 Å². The first-order valence-electron chi connectivity index (χ1n) is 7.15. The van der Waals surface area contributed by atoms with Crippen molar-refractivity contribution in [3.05, 3.63) is 34.9 Å². The van der Waals surface area contributed by atoms with Crippen LogP contribution in [0.4, 0.5) is 0 Å². The number of hydrogen-bond acceptors (Lipinski definition) is 3. The Morgan fingerprint density at radius 3 is 2.57 bits per heavy atom. The van der Waals surface area contributed by atoms with Crippen molar-refractivity contribution in [3.8, 4) is 0 Å². The normalized spacial score (nSPS) is 21.9. The Morgan fingerprint density at radius 2 is 2.05 bits per heavy atom. The van der Waals surface area contributed by atoms with E-state index in [1.54, 1.807) is 12.1 Å². The van der Waals surface area contributed by atoms with Crippen LogP contribution in [0.2, 0.25) is 5.02 Å². The fourth-order valence-corrected chi connectivity index (χ4v) is 4.65. The van der Waals surface area contributed by atoms with Gasteiger partial charge in [-0.3, -0.25) is 4.79 Å². The highest BCUT2D eigenvalue weighted by Crippen LogP contribution is 2.23. The molecule has 1 N–H and O–H groups in total. The summed E-state index contributed by atoms with van der Waals surface area (Å²) in [5, 5.41) is 3.64. The maximum Gasteiger partial charge on any atom is 0.220 e. The SMILES string of the molecule is CCC(NC(=O)CC1CCS(=O)(=O)C1)c1ccc(Cl)cc1. The van der Waals surface area contributed by atoms with E-state index in [9.17, 15) is 13.2 Å². The van der Waals surface area contributed by atoms with Gasteiger partial charge in [0.05, 0.1) is 17.5 Å². The summed E-state index contributed by atoms with van der Waals surface area (Å²) < 4.78 is 22.8. The van der Waals surface area contributed by atoms with Crippen molar-refractivity contribution in [3.63, 3.8) is 0 Å². The molecule has 116 valence electrons. The predicted molar refractivity (Wildman–Crippen MR) is 84.0 cm³/mol. The summed E-state index contributed by atoms with van der Waals surface area (Å²) in [6.45, 7) is 2.00. The Balaban J connectivity index is 1.92. The molecule has 1 aromatic carbocycles. The molecule has 4 nitrogen and oxygen atoms in total. The third-order valence-electron chi connectivity index (χ3n) is 3.82. The van der Waals surface area contributed by atoms with Gasteiger partial charge in [0.2, 0.25) is 5.91 Å². The molecule has 2 unspecified atom stereocenters. The maximum atomic E-state index is 12.1. The maximum absolute atomic E-state index is 12.1. The molecule has 0 radical (unpaired) electrons. The van der Waals surface area contributed by atoms with Crippen LogP contribution in [0.5, 0.6) is 0 Å². The van der Waals surface area contributed by atoms with Crippen LogP contribution in [0.25, 0.3) is 0 Å². The van der Waals surface area contributed by atoms with E-state index in [0.29, 0.717) is 11.4 Å². The average molecular weight is 330 g/mol. The van der Waals surface area contributed by atoms with Crippen molar-refractivity contribution in [2.75, 3.05) is 11.5 Å². The zero-order chi connectivity index (χ0) is 15.5. The quantitative estimate of drug-likeness (QED) is 0.903. The molecular weight excluding hydrogens is 310 g/mol. The van der Waals surface area contributed by atoms with Gasteiger partial charge in [0.15, 0.2) is 9.84 Å². The second-order valence-electron chi connectivity index (χ2n) is 5.55. The van der Waals surface area contributed by atoms with Gasteiger partial charge in [-0.25, -0.2) is 8.42 Å². The second kappa shape index (κ2) is 6.79. The van der Waals surface area contributed by atoms with Gasteiger partial charge < -0.3 is 5.32 Å². The van der Waals surface area contributed by atoms with Gasteiger partial charge in [-0.1, -0.05) is 30.7 Å². The van der Waals surface area contributed by atoms with E-state index >= 15 is 0 Å². The minimum Gasteiger partial charge on any atom is -0.349 e. The van der Waals surface area contributed by atoms with E-state index in [1.807, 2.05) is 19.1 Å². The largest absolute Gasteiger partial charge is 0.349 e. The molecule has 1 heterocycles.